The molecule has 0 bridgehead atoms. The number of rotatable bonds is 6. The summed E-state index contributed by atoms with van der Waals surface area (Å²) < 4.78 is 0. The second-order valence-electron chi connectivity index (χ2n) is 3.66. The Morgan fingerprint density at radius 2 is 2.06 bits per heavy atom. The van der Waals surface area contributed by atoms with Gasteiger partial charge in [0.25, 0.3) is 0 Å². The van der Waals surface area contributed by atoms with Gasteiger partial charge in [0.2, 0.25) is 0 Å². The van der Waals surface area contributed by atoms with Gasteiger partial charge in [-0.25, -0.2) is 15.0 Å². The summed E-state index contributed by atoms with van der Waals surface area (Å²) in [6.07, 6.45) is 3.23. The monoisotopic (exact) mass is 251 g/mol. The molecule has 0 fully saturated rings. The van der Waals surface area contributed by atoms with E-state index in [-0.39, 0.29) is 0 Å². The SMILES string of the molecule is CCN(CC)CCSc1ncnc2nc[nH]c12. The molecule has 17 heavy (non-hydrogen) atoms. The van der Waals surface area contributed by atoms with E-state index in [2.05, 4.69) is 38.7 Å². The average Bonchev–Trinajstić information content (AvgIpc) is 2.83. The minimum atomic E-state index is 0.741. The first-order chi connectivity index (χ1) is 8.35. The van der Waals surface area contributed by atoms with Crippen molar-refractivity contribution in [1.29, 1.82) is 0 Å². The second kappa shape index (κ2) is 5.97. The summed E-state index contributed by atoms with van der Waals surface area (Å²) in [5.41, 5.74) is 1.68. The van der Waals surface area contributed by atoms with E-state index in [9.17, 15) is 0 Å². The summed E-state index contributed by atoms with van der Waals surface area (Å²) >= 11 is 1.75. The van der Waals surface area contributed by atoms with Crippen molar-refractivity contribution < 1.29 is 0 Å². The minimum Gasteiger partial charge on any atom is -0.341 e. The van der Waals surface area contributed by atoms with Gasteiger partial charge in [-0.1, -0.05) is 13.8 Å². The van der Waals surface area contributed by atoms with Crippen LogP contribution in [0, 0.1) is 0 Å². The number of aromatic amines is 1. The van der Waals surface area contributed by atoms with Crippen LogP contribution in [0.25, 0.3) is 11.2 Å². The summed E-state index contributed by atoms with van der Waals surface area (Å²) in [6, 6.07) is 0. The Morgan fingerprint density at radius 1 is 1.24 bits per heavy atom. The number of thioether (sulfide) groups is 1. The Hall–Kier alpha value is -1.14. The van der Waals surface area contributed by atoms with Gasteiger partial charge in [-0.2, -0.15) is 0 Å². The van der Waals surface area contributed by atoms with Crippen LogP contribution >= 0.6 is 11.8 Å². The molecule has 0 aliphatic heterocycles. The third-order valence-electron chi connectivity index (χ3n) is 2.73. The average molecular weight is 251 g/mol. The molecule has 2 aromatic heterocycles. The predicted octanol–water partition coefficient (Wildman–Crippen LogP) is 1.79. The lowest BCUT2D eigenvalue weighted by Crippen LogP contribution is -2.25. The number of H-pyrrole nitrogens is 1. The van der Waals surface area contributed by atoms with Crippen molar-refractivity contribution in [3.63, 3.8) is 0 Å². The molecular weight excluding hydrogens is 234 g/mol. The van der Waals surface area contributed by atoms with Crippen molar-refractivity contribution in [3.05, 3.63) is 12.7 Å². The van der Waals surface area contributed by atoms with Crippen molar-refractivity contribution in [2.75, 3.05) is 25.4 Å². The molecule has 2 heterocycles. The summed E-state index contributed by atoms with van der Waals surface area (Å²) in [6.45, 7) is 7.65. The Morgan fingerprint density at radius 3 is 2.82 bits per heavy atom. The predicted molar refractivity (Wildman–Crippen MR) is 70.2 cm³/mol. The van der Waals surface area contributed by atoms with Gasteiger partial charge in [0.1, 0.15) is 16.9 Å². The molecule has 0 saturated heterocycles. The minimum absolute atomic E-state index is 0.741. The Labute approximate surface area is 105 Å². The van der Waals surface area contributed by atoms with Gasteiger partial charge in [0.05, 0.1) is 6.33 Å². The molecule has 0 amide bonds. The van der Waals surface area contributed by atoms with Crippen molar-refractivity contribution >= 4 is 22.9 Å². The van der Waals surface area contributed by atoms with E-state index >= 15 is 0 Å². The van der Waals surface area contributed by atoms with Crippen LogP contribution in [0.1, 0.15) is 13.8 Å². The smallest absolute Gasteiger partial charge is 0.181 e. The highest BCUT2D eigenvalue weighted by molar-refractivity contribution is 7.99. The third kappa shape index (κ3) is 2.95. The van der Waals surface area contributed by atoms with Gasteiger partial charge in [-0.15, -0.1) is 11.8 Å². The number of hydrogen-bond donors (Lipinski definition) is 1. The molecule has 0 unspecified atom stereocenters. The first-order valence-corrected chi connectivity index (χ1v) is 6.83. The molecule has 1 N–H and O–H groups in total. The molecule has 92 valence electrons. The summed E-state index contributed by atoms with van der Waals surface area (Å²) in [7, 11) is 0. The van der Waals surface area contributed by atoms with Crippen LogP contribution in [0.4, 0.5) is 0 Å². The molecule has 2 aromatic rings. The zero-order valence-electron chi connectivity index (χ0n) is 10.2. The fourth-order valence-electron chi connectivity index (χ4n) is 1.66. The summed E-state index contributed by atoms with van der Waals surface area (Å²) in [5, 5.41) is 0.986. The van der Waals surface area contributed by atoms with Crippen molar-refractivity contribution in [3.8, 4) is 0 Å². The number of aromatic nitrogens is 4. The molecule has 0 radical (unpaired) electrons. The molecule has 0 saturated carbocycles. The van der Waals surface area contributed by atoms with Gasteiger partial charge < -0.3 is 9.88 Å². The lowest BCUT2D eigenvalue weighted by molar-refractivity contribution is 0.324. The largest absolute Gasteiger partial charge is 0.341 e. The van der Waals surface area contributed by atoms with Crippen LogP contribution in [-0.4, -0.2) is 50.2 Å². The third-order valence-corrected chi connectivity index (χ3v) is 3.70. The maximum Gasteiger partial charge on any atom is 0.181 e. The number of imidazole rings is 1. The van der Waals surface area contributed by atoms with E-state index in [1.165, 1.54) is 0 Å². The quantitative estimate of drug-likeness (QED) is 0.626. The lowest BCUT2D eigenvalue weighted by atomic mass is 10.5. The van der Waals surface area contributed by atoms with E-state index in [1.807, 2.05) is 0 Å². The maximum atomic E-state index is 4.29. The molecule has 0 spiro atoms. The van der Waals surface area contributed by atoms with E-state index in [1.54, 1.807) is 24.4 Å². The molecular formula is C11H17N5S. The van der Waals surface area contributed by atoms with Crippen LogP contribution in [0.5, 0.6) is 0 Å². The molecule has 2 rings (SSSR count). The molecule has 0 atom stereocenters. The summed E-state index contributed by atoms with van der Waals surface area (Å²) in [4.78, 5) is 18.0. The molecule has 0 aromatic carbocycles. The topological polar surface area (TPSA) is 57.7 Å². The Balaban J connectivity index is 1.97. The first-order valence-electron chi connectivity index (χ1n) is 5.84. The van der Waals surface area contributed by atoms with Crippen LogP contribution in [-0.2, 0) is 0 Å². The molecule has 0 aliphatic rings. The van der Waals surface area contributed by atoms with Crippen LogP contribution in [0.3, 0.4) is 0 Å². The van der Waals surface area contributed by atoms with Crippen LogP contribution in [0.2, 0.25) is 0 Å². The van der Waals surface area contributed by atoms with E-state index in [0.717, 1.165) is 41.6 Å². The maximum absolute atomic E-state index is 4.29. The van der Waals surface area contributed by atoms with Crippen LogP contribution < -0.4 is 0 Å². The zero-order chi connectivity index (χ0) is 12.1. The highest BCUT2D eigenvalue weighted by atomic mass is 32.2. The normalized spacial score (nSPS) is 11.5. The Bertz CT molecular complexity index is 466. The highest BCUT2D eigenvalue weighted by Crippen LogP contribution is 2.21. The fraction of sp³-hybridized carbons (Fsp3) is 0.545. The lowest BCUT2D eigenvalue weighted by Gasteiger charge is -2.16. The zero-order valence-corrected chi connectivity index (χ0v) is 11.0. The number of nitrogens with zero attached hydrogens (tertiary/aromatic N) is 4. The first kappa shape index (κ1) is 12.3. The van der Waals surface area contributed by atoms with Crippen molar-refractivity contribution in [2.45, 2.75) is 18.9 Å². The number of hydrogen-bond acceptors (Lipinski definition) is 5. The van der Waals surface area contributed by atoms with Gasteiger partial charge in [0, 0.05) is 12.3 Å². The van der Waals surface area contributed by atoms with Crippen molar-refractivity contribution in [2.24, 2.45) is 0 Å². The van der Waals surface area contributed by atoms with Gasteiger partial charge >= 0.3 is 0 Å². The van der Waals surface area contributed by atoms with Gasteiger partial charge in [0.15, 0.2) is 5.65 Å². The van der Waals surface area contributed by atoms with Gasteiger partial charge in [-0.3, -0.25) is 0 Å². The molecule has 6 heteroatoms. The van der Waals surface area contributed by atoms with E-state index in [4.69, 9.17) is 0 Å². The van der Waals surface area contributed by atoms with E-state index in [0.29, 0.717) is 0 Å². The second-order valence-corrected chi connectivity index (χ2v) is 4.74. The van der Waals surface area contributed by atoms with Crippen molar-refractivity contribution in [1.82, 2.24) is 24.8 Å². The van der Waals surface area contributed by atoms with Gasteiger partial charge in [-0.05, 0) is 13.1 Å². The summed E-state index contributed by atoms with van der Waals surface area (Å²) in [5.74, 6) is 1.03. The molecule has 5 nitrogen and oxygen atoms in total. The fourth-order valence-corrected chi connectivity index (χ4v) is 2.62. The van der Waals surface area contributed by atoms with E-state index < -0.39 is 0 Å². The van der Waals surface area contributed by atoms with Crippen LogP contribution in [0.15, 0.2) is 17.7 Å². The highest BCUT2D eigenvalue weighted by Gasteiger charge is 2.06. The number of nitrogens with one attached hydrogen (secondary N) is 1. The number of fused-ring (bicyclic) bond motifs is 1. The molecule has 0 aliphatic carbocycles. The standard InChI is InChI=1S/C11H17N5S/c1-3-16(4-2)5-6-17-11-9-10(13-7-12-9)14-8-15-11/h7-8H,3-6H2,1-2H3,(H,12,13,14,15). The Kier molecular flexibility index (Phi) is 4.33.